The number of aromatic nitrogens is 1. The molecular weight excluding hydrogens is 335 g/mol. The van der Waals surface area contributed by atoms with Crippen molar-refractivity contribution in [2.45, 2.75) is 29.3 Å². The normalized spacial score (nSPS) is 30.8. The van der Waals surface area contributed by atoms with E-state index in [9.17, 15) is 4.39 Å². The molecule has 2 aliphatic rings. The topological polar surface area (TPSA) is 25.4 Å². The Hall–Kier alpha value is -1.20. The maximum atomic E-state index is 13.5. The summed E-state index contributed by atoms with van der Waals surface area (Å²) in [5.74, 6) is -0.242. The van der Waals surface area contributed by atoms with E-state index >= 15 is 0 Å². The van der Waals surface area contributed by atoms with Gasteiger partial charge in [-0.05, 0) is 30.5 Å². The largest absolute Gasteiger partial charge is 0.381 e. The van der Waals surface area contributed by atoms with Crippen LogP contribution in [0.15, 0.2) is 24.4 Å². The molecule has 0 radical (unpaired) electrons. The summed E-state index contributed by atoms with van der Waals surface area (Å²) in [5, 5.41) is 1.05. The number of likely N-dealkylation sites (N-methyl/N-ethyl adjacent to an activating group) is 1. The molecule has 0 bridgehead atoms. The number of methoxy groups -OCH3 is 1. The van der Waals surface area contributed by atoms with Gasteiger partial charge in [-0.2, -0.15) is 0 Å². The molecule has 0 saturated heterocycles. The second kappa shape index (κ2) is 4.40. The lowest BCUT2D eigenvalue weighted by Gasteiger charge is -2.47. The smallest absolute Gasteiger partial charge is 0.125 e. The Kier molecular flexibility index (Phi) is 2.82. The standard InChI is InChI=1S/C16H16BrFN2O/c1-20-13-8-19-12-5-9(18)3-4-11(12)14(13)16(15(20)17)6-10(7-16)21-2/h3-5,8,10,15H,6-7H2,1-2H3. The van der Waals surface area contributed by atoms with Crippen molar-refractivity contribution in [3.05, 3.63) is 35.8 Å². The quantitative estimate of drug-likeness (QED) is 0.580. The molecule has 1 aliphatic heterocycles. The van der Waals surface area contributed by atoms with Crippen molar-refractivity contribution in [3.63, 3.8) is 0 Å². The molecule has 2 heterocycles. The van der Waals surface area contributed by atoms with E-state index in [0.717, 1.165) is 29.4 Å². The maximum absolute atomic E-state index is 13.5. The average molecular weight is 351 g/mol. The van der Waals surface area contributed by atoms with Gasteiger partial charge in [0.05, 0.1) is 28.5 Å². The molecule has 1 atom stereocenters. The number of pyridine rings is 1. The Labute approximate surface area is 131 Å². The Balaban J connectivity index is 1.96. The molecule has 1 aliphatic carbocycles. The highest BCUT2D eigenvalue weighted by atomic mass is 79.9. The Morgan fingerprint density at radius 3 is 2.90 bits per heavy atom. The number of anilines is 1. The number of benzene rings is 1. The minimum atomic E-state index is -0.242. The molecule has 3 nitrogen and oxygen atoms in total. The number of halogens is 2. The maximum Gasteiger partial charge on any atom is 0.125 e. The van der Waals surface area contributed by atoms with E-state index in [-0.39, 0.29) is 16.2 Å². The Morgan fingerprint density at radius 2 is 2.19 bits per heavy atom. The number of fused-ring (bicyclic) bond motifs is 4. The van der Waals surface area contributed by atoms with E-state index in [1.807, 2.05) is 12.3 Å². The molecule has 21 heavy (non-hydrogen) atoms. The van der Waals surface area contributed by atoms with Crippen molar-refractivity contribution in [2.24, 2.45) is 0 Å². The van der Waals surface area contributed by atoms with Crippen LogP contribution in [0.2, 0.25) is 0 Å². The average Bonchev–Trinajstić information content (AvgIpc) is 2.66. The zero-order chi connectivity index (χ0) is 14.8. The number of ether oxygens (including phenoxy) is 1. The summed E-state index contributed by atoms with van der Waals surface area (Å²) in [5.41, 5.74) is 3.17. The molecular formula is C16H16BrFN2O. The SMILES string of the molecule is COC1CC2(C1)c1c(cnc3cc(F)ccc13)N(C)C2Br. The predicted octanol–water partition coefficient (Wildman–Crippen LogP) is 3.59. The summed E-state index contributed by atoms with van der Waals surface area (Å²) in [7, 11) is 3.84. The first-order chi connectivity index (χ1) is 10.1. The zero-order valence-electron chi connectivity index (χ0n) is 11.9. The van der Waals surface area contributed by atoms with Gasteiger partial charge in [0, 0.05) is 31.0 Å². The van der Waals surface area contributed by atoms with Gasteiger partial charge in [0.15, 0.2) is 0 Å². The minimum Gasteiger partial charge on any atom is -0.381 e. The molecule has 2 aromatic rings. The number of rotatable bonds is 1. The van der Waals surface area contributed by atoms with Gasteiger partial charge in [0.1, 0.15) is 5.82 Å². The van der Waals surface area contributed by atoms with E-state index in [1.54, 1.807) is 7.11 Å². The van der Waals surface area contributed by atoms with Crippen LogP contribution in [0.3, 0.4) is 0 Å². The van der Waals surface area contributed by atoms with Crippen molar-refractivity contribution < 1.29 is 9.13 Å². The first kappa shape index (κ1) is 13.5. The van der Waals surface area contributed by atoms with E-state index < -0.39 is 0 Å². The van der Waals surface area contributed by atoms with Crippen molar-refractivity contribution in [1.82, 2.24) is 4.98 Å². The molecule has 0 amide bonds. The van der Waals surface area contributed by atoms with Gasteiger partial charge in [0.2, 0.25) is 0 Å². The fraction of sp³-hybridized carbons (Fsp3) is 0.438. The van der Waals surface area contributed by atoms with Gasteiger partial charge < -0.3 is 9.64 Å². The molecule has 1 aromatic carbocycles. The van der Waals surface area contributed by atoms with Crippen molar-refractivity contribution >= 4 is 32.5 Å². The Bertz CT molecular complexity index is 730. The van der Waals surface area contributed by atoms with Gasteiger partial charge in [-0.3, -0.25) is 4.98 Å². The van der Waals surface area contributed by atoms with Gasteiger partial charge in [-0.25, -0.2) is 4.39 Å². The number of hydrogen-bond acceptors (Lipinski definition) is 3. The fourth-order valence-electron chi connectivity index (χ4n) is 3.88. The minimum absolute atomic E-state index is 0.0315. The monoisotopic (exact) mass is 350 g/mol. The van der Waals surface area contributed by atoms with Crippen LogP contribution < -0.4 is 4.90 Å². The summed E-state index contributed by atoms with van der Waals surface area (Å²) in [6.45, 7) is 0. The summed E-state index contributed by atoms with van der Waals surface area (Å²) in [4.78, 5) is 6.87. The highest BCUT2D eigenvalue weighted by Crippen LogP contribution is 2.59. The highest BCUT2D eigenvalue weighted by Gasteiger charge is 2.57. The number of nitrogens with zero attached hydrogens (tertiary/aromatic N) is 2. The van der Waals surface area contributed by atoms with E-state index in [2.05, 4.69) is 32.9 Å². The van der Waals surface area contributed by atoms with Gasteiger partial charge in [0.25, 0.3) is 0 Å². The lowest BCUT2D eigenvalue weighted by Crippen LogP contribution is -2.52. The third-order valence-electron chi connectivity index (χ3n) is 5.00. The molecule has 1 fully saturated rings. The second-order valence-corrected chi connectivity index (χ2v) is 6.92. The number of alkyl halides is 1. The van der Waals surface area contributed by atoms with Crippen LogP contribution in [0, 0.1) is 5.82 Å². The summed E-state index contributed by atoms with van der Waals surface area (Å²) < 4.78 is 19.0. The molecule has 5 heteroatoms. The lowest BCUT2D eigenvalue weighted by atomic mass is 9.63. The van der Waals surface area contributed by atoms with Crippen molar-refractivity contribution in [2.75, 3.05) is 19.1 Å². The van der Waals surface area contributed by atoms with Crippen LogP contribution in [0.25, 0.3) is 10.9 Å². The fourth-order valence-corrected chi connectivity index (χ4v) is 4.70. The van der Waals surface area contributed by atoms with Crippen LogP contribution in [0.5, 0.6) is 0 Å². The van der Waals surface area contributed by atoms with Crippen molar-refractivity contribution in [3.8, 4) is 0 Å². The van der Waals surface area contributed by atoms with Gasteiger partial charge in [-0.15, -0.1) is 0 Å². The summed E-state index contributed by atoms with van der Waals surface area (Å²) >= 11 is 3.84. The molecule has 1 unspecified atom stereocenters. The molecule has 1 saturated carbocycles. The van der Waals surface area contributed by atoms with E-state index in [4.69, 9.17) is 4.74 Å². The third kappa shape index (κ3) is 1.64. The van der Waals surface area contributed by atoms with E-state index in [0.29, 0.717) is 6.10 Å². The first-order valence-corrected chi connectivity index (χ1v) is 7.97. The molecule has 0 N–H and O–H groups in total. The van der Waals surface area contributed by atoms with Crippen molar-refractivity contribution in [1.29, 1.82) is 0 Å². The van der Waals surface area contributed by atoms with Gasteiger partial charge >= 0.3 is 0 Å². The van der Waals surface area contributed by atoms with Gasteiger partial charge in [-0.1, -0.05) is 15.9 Å². The Morgan fingerprint density at radius 1 is 1.43 bits per heavy atom. The summed E-state index contributed by atoms with van der Waals surface area (Å²) in [6, 6.07) is 4.89. The molecule has 4 rings (SSSR count). The third-order valence-corrected chi connectivity index (χ3v) is 6.49. The van der Waals surface area contributed by atoms with Crippen LogP contribution in [-0.4, -0.2) is 30.2 Å². The molecule has 110 valence electrons. The van der Waals surface area contributed by atoms with Crippen LogP contribution in [-0.2, 0) is 10.2 Å². The summed E-state index contributed by atoms with van der Waals surface area (Å²) in [6.07, 6.45) is 4.12. The molecule has 1 aromatic heterocycles. The van der Waals surface area contributed by atoms with Crippen LogP contribution in [0.1, 0.15) is 18.4 Å². The number of hydrogen-bond donors (Lipinski definition) is 0. The molecule has 1 spiro atoms. The first-order valence-electron chi connectivity index (χ1n) is 7.05. The predicted molar refractivity (Wildman–Crippen MR) is 84.5 cm³/mol. The zero-order valence-corrected chi connectivity index (χ0v) is 13.5. The highest BCUT2D eigenvalue weighted by molar-refractivity contribution is 9.09. The van der Waals surface area contributed by atoms with E-state index in [1.165, 1.54) is 17.7 Å². The lowest BCUT2D eigenvalue weighted by molar-refractivity contribution is -0.0145. The van der Waals surface area contributed by atoms with Crippen LogP contribution >= 0.6 is 15.9 Å². The van der Waals surface area contributed by atoms with Crippen LogP contribution in [0.4, 0.5) is 10.1 Å². The second-order valence-electron chi connectivity index (χ2n) is 6.05.